The van der Waals surface area contributed by atoms with Gasteiger partial charge in [0.05, 0.1) is 12.7 Å². The van der Waals surface area contributed by atoms with Crippen LogP contribution in [0.5, 0.6) is 5.75 Å². The molecular formula is C20H18N2O3. The molecule has 2 aromatic rings. The maximum absolute atomic E-state index is 12.9. The van der Waals surface area contributed by atoms with Crippen molar-refractivity contribution in [3.05, 3.63) is 65.4 Å². The van der Waals surface area contributed by atoms with E-state index in [9.17, 15) is 9.59 Å². The molecule has 0 fully saturated rings. The van der Waals surface area contributed by atoms with Crippen LogP contribution in [0, 0.1) is 0 Å². The molecule has 2 amide bonds. The zero-order chi connectivity index (χ0) is 17.6. The normalized spacial score (nSPS) is 16.7. The van der Waals surface area contributed by atoms with Gasteiger partial charge >= 0.3 is 0 Å². The number of anilines is 1. The molecule has 0 aromatic heterocycles. The second kappa shape index (κ2) is 5.77. The van der Waals surface area contributed by atoms with Gasteiger partial charge in [-0.2, -0.15) is 0 Å². The van der Waals surface area contributed by atoms with Crippen molar-refractivity contribution in [3.8, 4) is 5.75 Å². The van der Waals surface area contributed by atoms with Crippen molar-refractivity contribution in [2.24, 2.45) is 0 Å². The van der Waals surface area contributed by atoms with Gasteiger partial charge in [0.15, 0.2) is 0 Å². The quantitative estimate of drug-likeness (QED) is 0.809. The Hall–Kier alpha value is -3.08. The number of fused-ring (bicyclic) bond motifs is 1. The Balaban J connectivity index is 1.94. The zero-order valence-electron chi connectivity index (χ0n) is 14.2. The van der Waals surface area contributed by atoms with Crippen LogP contribution in [0.25, 0.3) is 5.57 Å². The van der Waals surface area contributed by atoms with Crippen LogP contribution in [0.1, 0.15) is 11.1 Å². The predicted molar refractivity (Wildman–Crippen MR) is 95.2 cm³/mol. The Kier molecular flexibility index (Phi) is 3.57. The number of hydrogen-bond acceptors (Lipinski definition) is 4. The van der Waals surface area contributed by atoms with E-state index in [0.29, 0.717) is 29.1 Å². The van der Waals surface area contributed by atoms with Crippen molar-refractivity contribution >= 4 is 23.1 Å². The number of hydrogen-bond donors (Lipinski definition) is 0. The number of ether oxygens (including phenoxy) is 1. The van der Waals surface area contributed by atoms with Gasteiger partial charge in [-0.3, -0.25) is 14.5 Å². The monoisotopic (exact) mass is 334 g/mol. The highest BCUT2D eigenvalue weighted by Gasteiger charge is 2.42. The SMILES string of the molecule is COc1ccccc1C1=C(N2CCc3ccccc32)C(=O)N(C)C1=O. The first-order valence-corrected chi connectivity index (χ1v) is 8.19. The van der Waals surface area contributed by atoms with Gasteiger partial charge in [0.2, 0.25) is 0 Å². The summed E-state index contributed by atoms with van der Waals surface area (Å²) in [5.74, 6) is 0.00965. The Morgan fingerprint density at radius 2 is 1.68 bits per heavy atom. The average Bonchev–Trinajstić information content (AvgIpc) is 3.16. The zero-order valence-corrected chi connectivity index (χ0v) is 14.2. The first kappa shape index (κ1) is 15.4. The lowest BCUT2D eigenvalue weighted by atomic mass is 10.0. The van der Waals surface area contributed by atoms with Gasteiger partial charge < -0.3 is 9.64 Å². The van der Waals surface area contributed by atoms with E-state index >= 15 is 0 Å². The molecule has 126 valence electrons. The molecule has 0 aliphatic carbocycles. The number of imide groups is 1. The van der Waals surface area contributed by atoms with Gasteiger partial charge in [0, 0.05) is 24.8 Å². The number of amides is 2. The number of likely N-dealkylation sites (N-methyl/N-ethyl adjacent to an activating group) is 1. The topological polar surface area (TPSA) is 49.9 Å². The van der Waals surface area contributed by atoms with Crippen LogP contribution < -0.4 is 9.64 Å². The summed E-state index contributed by atoms with van der Waals surface area (Å²) < 4.78 is 5.42. The number of methoxy groups -OCH3 is 1. The van der Waals surface area contributed by atoms with E-state index in [2.05, 4.69) is 6.07 Å². The molecule has 0 radical (unpaired) electrons. The number of rotatable bonds is 3. The Bertz CT molecular complexity index is 917. The van der Waals surface area contributed by atoms with Gasteiger partial charge in [-0.15, -0.1) is 0 Å². The maximum Gasteiger partial charge on any atom is 0.277 e. The number of benzene rings is 2. The van der Waals surface area contributed by atoms with Crippen molar-refractivity contribution in [1.29, 1.82) is 0 Å². The van der Waals surface area contributed by atoms with Crippen LogP contribution in [0.15, 0.2) is 54.2 Å². The number of carbonyl (C=O) groups excluding carboxylic acids is 2. The van der Waals surface area contributed by atoms with Crippen LogP contribution in [-0.2, 0) is 16.0 Å². The fraction of sp³-hybridized carbons (Fsp3) is 0.200. The molecule has 0 atom stereocenters. The van der Waals surface area contributed by atoms with E-state index in [4.69, 9.17) is 4.74 Å². The summed E-state index contributed by atoms with van der Waals surface area (Å²) >= 11 is 0. The van der Waals surface area contributed by atoms with Crippen molar-refractivity contribution < 1.29 is 14.3 Å². The molecule has 0 N–H and O–H groups in total. The van der Waals surface area contributed by atoms with E-state index in [1.54, 1.807) is 13.2 Å². The average molecular weight is 334 g/mol. The summed E-state index contributed by atoms with van der Waals surface area (Å²) in [4.78, 5) is 28.8. The minimum Gasteiger partial charge on any atom is -0.496 e. The van der Waals surface area contributed by atoms with Crippen LogP contribution in [0.3, 0.4) is 0 Å². The van der Waals surface area contributed by atoms with Crippen LogP contribution >= 0.6 is 0 Å². The van der Waals surface area contributed by atoms with Crippen LogP contribution in [0.4, 0.5) is 5.69 Å². The van der Waals surface area contributed by atoms with Crippen molar-refractivity contribution in [2.45, 2.75) is 6.42 Å². The van der Waals surface area contributed by atoms with Gasteiger partial charge in [-0.1, -0.05) is 36.4 Å². The fourth-order valence-corrected chi connectivity index (χ4v) is 3.54. The van der Waals surface area contributed by atoms with E-state index in [1.807, 2.05) is 41.3 Å². The number of carbonyl (C=O) groups is 2. The molecule has 2 heterocycles. The summed E-state index contributed by atoms with van der Waals surface area (Å²) in [7, 11) is 3.09. The molecule has 0 saturated carbocycles. The minimum absolute atomic E-state index is 0.275. The van der Waals surface area contributed by atoms with Crippen molar-refractivity contribution in [1.82, 2.24) is 4.90 Å². The molecular weight excluding hydrogens is 316 g/mol. The highest BCUT2D eigenvalue weighted by Crippen LogP contribution is 2.40. The van der Waals surface area contributed by atoms with Crippen molar-refractivity contribution in [2.75, 3.05) is 25.6 Å². The predicted octanol–water partition coefficient (Wildman–Crippen LogP) is 2.47. The lowest BCUT2D eigenvalue weighted by molar-refractivity contribution is -0.135. The molecule has 5 heteroatoms. The Morgan fingerprint density at radius 1 is 0.960 bits per heavy atom. The van der Waals surface area contributed by atoms with E-state index < -0.39 is 0 Å². The third kappa shape index (κ3) is 2.23. The minimum atomic E-state index is -0.297. The largest absolute Gasteiger partial charge is 0.496 e. The third-order valence-electron chi connectivity index (χ3n) is 4.80. The maximum atomic E-state index is 12.9. The number of para-hydroxylation sites is 2. The van der Waals surface area contributed by atoms with E-state index in [0.717, 1.165) is 12.1 Å². The van der Waals surface area contributed by atoms with Gasteiger partial charge in [0.1, 0.15) is 11.4 Å². The number of nitrogens with zero attached hydrogens (tertiary/aromatic N) is 2. The fourth-order valence-electron chi connectivity index (χ4n) is 3.54. The standard InChI is InChI=1S/C20H18N2O3/c1-21-19(23)17(14-8-4-6-10-16(14)25-2)18(20(21)24)22-12-11-13-7-3-5-9-15(13)22/h3-10H,11-12H2,1-2H3. The smallest absolute Gasteiger partial charge is 0.277 e. The van der Waals surface area contributed by atoms with E-state index in [1.165, 1.54) is 17.5 Å². The summed E-state index contributed by atoms with van der Waals surface area (Å²) in [5, 5.41) is 0. The molecule has 0 bridgehead atoms. The summed E-state index contributed by atoms with van der Waals surface area (Å²) in [6.45, 7) is 0.681. The second-order valence-corrected chi connectivity index (χ2v) is 6.12. The molecule has 4 rings (SSSR count). The van der Waals surface area contributed by atoms with Crippen LogP contribution in [-0.4, -0.2) is 37.4 Å². The first-order chi connectivity index (χ1) is 12.1. The second-order valence-electron chi connectivity index (χ2n) is 6.12. The van der Waals surface area contributed by atoms with Crippen molar-refractivity contribution in [3.63, 3.8) is 0 Å². The molecule has 25 heavy (non-hydrogen) atoms. The lowest BCUT2D eigenvalue weighted by Gasteiger charge is -2.21. The summed E-state index contributed by atoms with van der Waals surface area (Å²) in [5.41, 5.74) is 3.65. The molecule has 0 spiro atoms. The highest BCUT2D eigenvalue weighted by atomic mass is 16.5. The molecule has 2 aromatic carbocycles. The van der Waals surface area contributed by atoms with Gasteiger partial charge in [-0.25, -0.2) is 0 Å². The molecule has 2 aliphatic heterocycles. The van der Waals surface area contributed by atoms with E-state index in [-0.39, 0.29) is 11.8 Å². The Labute approximate surface area is 146 Å². The molecule has 2 aliphatic rings. The third-order valence-corrected chi connectivity index (χ3v) is 4.80. The summed E-state index contributed by atoms with van der Waals surface area (Å²) in [6.07, 6.45) is 0.851. The van der Waals surface area contributed by atoms with Gasteiger partial charge in [-0.05, 0) is 24.1 Å². The molecule has 5 nitrogen and oxygen atoms in total. The molecule has 0 saturated heterocycles. The first-order valence-electron chi connectivity index (χ1n) is 8.19. The Morgan fingerprint density at radius 3 is 2.48 bits per heavy atom. The highest BCUT2D eigenvalue weighted by molar-refractivity contribution is 6.37. The van der Waals surface area contributed by atoms with Gasteiger partial charge in [0.25, 0.3) is 11.8 Å². The lowest BCUT2D eigenvalue weighted by Crippen LogP contribution is -2.31. The molecule has 0 unspecified atom stereocenters. The summed E-state index contributed by atoms with van der Waals surface area (Å²) in [6, 6.07) is 15.3. The van der Waals surface area contributed by atoms with Crippen LogP contribution in [0.2, 0.25) is 0 Å².